The summed E-state index contributed by atoms with van der Waals surface area (Å²) in [6, 6.07) is 3.76. The van der Waals surface area contributed by atoms with Gasteiger partial charge in [-0.1, -0.05) is 12.2 Å². The first-order valence-electron chi connectivity index (χ1n) is 4.31. The van der Waals surface area contributed by atoms with Crippen molar-refractivity contribution in [2.24, 2.45) is 5.73 Å². The van der Waals surface area contributed by atoms with E-state index in [0.29, 0.717) is 18.7 Å². The van der Waals surface area contributed by atoms with E-state index in [1.54, 1.807) is 18.5 Å². The highest BCUT2D eigenvalue weighted by molar-refractivity contribution is 5.55. The molecule has 0 aromatic carbocycles. The van der Waals surface area contributed by atoms with Gasteiger partial charge in [-0.25, -0.2) is 0 Å². The van der Waals surface area contributed by atoms with Gasteiger partial charge in [-0.2, -0.15) is 5.26 Å². The lowest BCUT2D eigenvalue weighted by atomic mass is 10.2. The van der Waals surface area contributed by atoms with Gasteiger partial charge in [-0.05, 0) is 6.07 Å². The largest absolute Gasteiger partial charge is 0.379 e. The van der Waals surface area contributed by atoms with Crippen molar-refractivity contribution in [3.05, 3.63) is 36.2 Å². The van der Waals surface area contributed by atoms with Gasteiger partial charge in [-0.15, -0.1) is 0 Å². The minimum atomic E-state index is 0.528. The molecular weight excluding hydrogens is 176 g/mol. The first kappa shape index (κ1) is 10.2. The fourth-order valence-electron chi connectivity index (χ4n) is 0.981. The van der Waals surface area contributed by atoms with E-state index in [1.807, 2.05) is 12.2 Å². The standard InChI is InChI=1S/C10H12N4/c11-4-1-2-5-14-10-8-13-6-3-9(10)7-12/h1-3,6,8,14H,4-5,11H2/b2-1+. The number of aromatic nitrogens is 1. The van der Waals surface area contributed by atoms with Gasteiger partial charge >= 0.3 is 0 Å². The Labute approximate surface area is 83.1 Å². The van der Waals surface area contributed by atoms with Gasteiger partial charge in [-0.3, -0.25) is 4.98 Å². The van der Waals surface area contributed by atoms with E-state index in [0.717, 1.165) is 5.69 Å². The van der Waals surface area contributed by atoms with E-state index in [-0.39, 0.29) is 0 Å². The van der Waals surface area contributed by atoms with Crippen molar-refractivity contribution in [3.8, 4) is 6.07 Å². The van der Waals surface area contributed by atoms with Crippen LogP contribution in [0, 0.1) is 11.3 Å². The van der Waals surface area contributed by atoms with Crippen LogP contribution in [0.2, 0.25) is 0 Å². The second kappa shape index (κ2) is 5.73. The van der Waals surface area contributed by atoms with Crippen LogP contribution >= 0.6 is 0 Å². The molecule has 0 atom stereocenters. The highest BCUT2D eigenvalue weighted by atomic mass is 14.9. The van der Waals surface area contributed by atoms with Crippen molar-refractivity contribution < 1.29 is 0 Å². The Balaban J connectivity index is 2.59. The minimum Gasteiger partial charge on any atom is -0.379 e. The number of nitrogens with zero attached hydrogens (tertiary/aromatic N) is 2. The Hall–Kier alpha value is -1.86. The molecule has 0 radical (unpaired) electrons. The number of nitrogens with one attached hydrogen (secondary N) is 1. The highest BCUT2D eigenvalue weighted by Crippen LogP contribution is 2.10. The van der Waals surface area contributed by atoms with Crippen LogP contribution in [-0.2, 0) is 0 Å². The minimum absolute atomic E-state index is 0.528. The zero-order valence-corrected chi connectivity index (χ0v) is 7.77. The van der Waals surface area contributed by atoms with E-state index in [4.69, 9.17) is 11.0 Å². The molecule has 3 N–H and O–H groups in total. The molecule has 0 fully saturated rings. The van der Waals surface area contributed by atoms with Gasteiger partial charge in [0.2, 0.25) is 0 Å². The van der Waals surface area contributed by atoms with E-state index < -0.39 is 0 Å². The number of anilines is 1. The summed E-state index contributed by atoms with van der Waals surface area (Å²) in [5.74, 6) is 0. The zero-order chi connectivity index (χ0) is 10.2. The third-order valence-electron chi connectivity index (χ3n) is 1.65. The lowest BCUT2D eigenvalue weighted by Gasteiger charge is -2.03. The van der Waals surface area contributed by atoms with Crippen molar-refractivity contribution in [1.29, 1.82) is 5.26 Å². The maximum absolute atomic E-state index is 8.77. The molecule has 0 unspecified atom stereocenters. The smallest absolute Gasteiger partial charge is 0.101 e. The third kappa shape index (κ3) is 2.88. The van der Waals surface area contributed by atoms with Crippen molar-refractivity contribution >= 4 is 5.69 Å². The predicted molar refractivity (Wildman–Crippen MR) is 55.6 cm³/mol. The fraction of sp³-hybridized carbons (Fsp3) is 0.200. The van der Waals surface area contributed by atoms with Gasteiger partial charge in [0.15, 0.2) is 0 Å². The van der Waals surface area contributed by atoms with Crippen LogP contribution in [0.3, 0.4) is 0 Å². The molecule has 1 rings (SSSR count). The number of hydrogen-bond donors (Lipinski definition) is 2. The molecular formula is C10H12N4. The Morgan fingerprint density at radius 3 is 3.14 bits per heavy atom. The first-order valence-corrected chi connectivity index (χ1v) is 4.31. The van der Waals surface area contributed by atoms with Crippen LogP contribution in [0.15, 0.2) is 30.6 Å². The Kier molecular flexibility index (Phi) is 4.18. The molecule has 0 spiro atoms. The molecule has 0 aliphatic heterocycles. The lowest BCUT2D eigenvalue weighted by molar-refractivity contribution is 1.21. The number of hydrogen-bond acceptors (Lipinski definition) is 4. The summed E-state index contributed by atoms with van der Waals surface area (Å²) in [5.41, 5.74) is 6.63. The third-order valence-corrected chi connectivity index (χ3v) is 1.65. The molecule has 0 amide bonds. The predicted octanol–water partition coefficient (Wildman–Crippen LogP) is 0.880. The number of rotatable bonds is 4. The molecule has 1 aromatic heterocycles. The fourth-order valence-corrected chi connectivity index (χ4v) is 0.981. The van der Waals surface area contributed by atoms with Crippen LogP contribution in [0.1, 0.15) is 5.56 Å². The zero-order valence-electron chi connectivity index (χ0n) is 7.77. The second-order valence-corrected chi connectivity index (χ2v) is 2.62. The SMILES string of the molecule is N#Cc1ccncc1NC/C=C/CN. The van der Waals surface area contributed by atoms with Crippen molar-refractivity contribution in [2.45, 2.75) is 0 Å². The second-order valence-electron chi connectivity index (χ2n) is 2.62. The van der Waals surface area contributed by atoms with Gasteiger partial charge in [0.1, 0.15) is 6.07 Å². The highest BCUT2D eigenvalue weighted by Gasteiger charge is 1.97. The molecule has 0 aliphatic rings. The average Bonchev–Trinajstić information content (AvgIpc) is 2.25. The first-order chi connectivity index (χ1) is 6.88. The Bertz CT molecular complexity index is 351. The van der Waals surface area contributed by atoms with Crippen molar-refractivity contribution in [3.63, 3.8) is 0 Å². The number of nitriles is 1. The number of pyridine rings is 1. The Morgan fingerprint density at radius 1 is 1.57 bits per heavy atom. The summed E-state index contributed by atoms with van der Waals surface area (Å²) in [6.07, 6.45) is 7.00. The van der Waals surface area contributed by atoms with Crippen LogP contribution < -0.4 is 11.1 Å². The molecule has 1 aromatic rings. The van der Waals surface area contributed by atoms with Crippen LogP contribution in [0.25, 0.3) is 0 Å². The molecule has 4 nitrogen and oxygen atoms in total. The van der Waals surface area contributed by atoms with E-state index in [9.17, 15) is 0 Å². The van der Waals surface area contributed by atoms with Gasteiger partial charge in [0.25, 0.3) is 0 Å². The van der Waals surface area contributed by atoms with E-state index in [2.05, 4.69) is 16.4 Å². The van der Waals surface area contributed by atoms with Crippen LogP contribution in [-0.4, -0.2) is 18.1 Å². The molecule has 72 valence electrons. The number of nitrogens with two attached hydrogens (primary N) is 1. The topological polar surface area (TPSA) is 74.7 Å². The Morgan fingerprint density at radius 2 is 2.43 bits per heavy atom. The molecule has 0 bridgehead atoms. The van der Waals surface area contributed by atoms with Crippen LogP contribution in [0.4, 0.5) is 5.69 Å². The normalized spacial score (nSPS) is 10.0. The molecule has 14 heavy (non-hydrogen) atoms. The lowest BCUT2D eigenvalue weighted by Crippen LogP contribution is -2.02. The van der Waals surface area contributed by atoms with Crippen molar-refractivity contribution in [2.75, 3.05) is 18.4 Å². The van der Waals surface area contributed by atoms with Crippen LogP contribution in [0.5, 0.6) is 0 Å². The van der Waals surface area contributed by atoms with Gasteiger partial charge < -0.3 is 11.1 Å². The molecule has 0 saturated heterocycles. The molecule has 1 heterocycles. The monoisotopic (exact) mass is 188 g/mol. The molecule has 0 aliphatic carbocycles. The summed E-state index contributed by atoms with van der Waals surface area (Å²) in [6.45, 7) is 1.18. The summed E-state index contributed by atoms with van der Waals surface area (Å²) < 4.78 is 0. The maximum Gasteiger partial charge on any atom is 0.101 e. The summed E-state index contributed by atoms with van der Waals surface area (Å²) in [4.78, 5) is 3.93. The van der Waals surface area contributed by atoms with E-state index >= 15 is 0 Å². The summed E-state index contributed by atoms with van der Waals surface area (Å²) >= 11 is 0. The van der Waals surface area contributed by atoms with Gasteiger partial charge in [0.05, 0.1) is 17.4 Å². The molecule has 4 heteroatoms. The quantitative estimate of drug-likeness (QED) is 0.688. The van der Waals surface area contributed by atoms with Gasteiger partial charge in [0, 0.05) is 19.3 Å². The average molecular weight is 188 g/mol. The maximum atomic E-state index is 8.77. The summed E-state index contributed by atoms with van der Waals surface area (Å²) in [7, 11) is 0. The summed E-state index contributed by atoms with van der Waals surface area (Å²) in [5, 5.41) is 11.8. The molecule has 0 saturated carbocycles. The van der Waals surface area contributed by atoms with E-state index in [1.165, 1.54) is 0 Å². The van der Waals surface area contributed by atoms with Crippen molar-refractivity contribution in [1.82, 2.24) is 4.98 Å².